The van der Waals surface area contributed by atoms with Crippen LogP contribution in [-0.2, 0) is 7.05 Å². The molecule has 0 amide bonds. The Hall–Kier alpha value is -2.18. The minimum absolute atomic E-state index is 0.0215. The molecule has 6 heteroatoms. The van der Waals surface area contributed by atoms with E-state index in [1.807, 2.05) is 50.2 Å². The fourth-order valence-electron chi connectivity index (χ4n) is 2.84. The summed E-state index contributed by atoms with van der Waals surface area (Å²) in [4.78, 5) is 25.2. The van der Waals surface area contributed by atoms with Gasteiger partial charge < -0.3 is 9.55 Å². The molecule has 27 heavy (non-hydrogen) atoms. The first-order chi connectivity index (χ1) is 12.8. The second-order valence-electron chi connectivity index (χ2n) is 6.34. The normalized spacial score (nSPS) is 10.7. The molecule has 0 unspecified atom stereocenters. The molecule has 0 saturated carbocycles. The van der Waals surface area contributed by atoms with Gasteiger partial charge in [0.15, 0.2) is 0 Å². The standard InChI is InChI=1S/C11H10BrNO.C10H8BrNO/c1-7-3-5-9-8(11(7)12)4-6-10(14)13(9)2;1-6-2-4-8-7(10(6)11)3-5-9(13)12-8/h3-6H,1-2H3;2-5H,1H3,(H,12,13). The fraction of sp³-hybridized carbons (Fsp3) is 0.143. The van der Waals surface area contributed by atoms with E-state index in [9.17, 15) is 9.59 Å². The van der Waals surface area contributed by atoms with Gasteiger partial charge in [-0.05, 0) is 81.1 Å². The molecule has 0 saturated heterocycles. The summed E-state index contributed by atoms with van der Waals surface area (Å²) < 4.78 is 3.76. The number of nitrogens with one attached hydrogen (secondary N) is 1. The molecule has 0 aliphatic heterocycles. The second kappa shape index (κ2) is 7.82. The highest BCUT2D eigenvalue weighted by Gasteiger charge is 2.04. The molecule has 2 heterocycles. The van der Waals surface area contributed by atoms with Crippen LogP contribution >= 0.6 is 31.9 Å². The molecule has 4 nitrogen and oxygen atoms in total. The summed E-state index contributed by atoms with van der Waals surface area (Å²) in [6.45, 7) is 4.06. The van der Waals surface area contributed by atoms with Crippen molar-refractivity contribution in [3.05, 3.63) is 89.3 Å². The summed E-state index contributed by atoms with van der Waals surface area (Å²) >= 11 is 7.01. The Labute approximate surface area is 173 Å². The Balaban J connectivity index is 0.000000156. The van der Waals surface area contributed by atoms with Gasteiger partial charge in [0.05, 0.1) is 5.52 Å². The van der Waals surface area contributed by atoms with Gasteiger partial charge in [0.2, 0.25) is 5.56 Å². The largest absolute Gasteiger partial charge is 0.322 e. The third-order valence-electron chi connectivity index (χ3n) is 4.47. The number of aromatic amines is 1. The monoisotopic (exact) mass is 488 g/mol. The lowest BCUT2D eigenvalue weighted by atomic mass is 10.1. The molecule has 0 aliphatic rings. The highest BCUT2D eigenvalue weighted by atomic mass is 79.9. The van der Waals surface area contributed by atoms with Crippen LogP contribution in [-0.4, -0.2) is 9.55 Å². The van der Waals surface area contributed by atoms with Gasteiger partial charge in [-0.3, -0.25) is 9.59 Å². The molecule has 0 radical (unpaired) electrons. The summed E-state index contributed by atoms with van der Waals surface area (Å²) in [6.07, 6.45) is 0. The van der Waals surface area contributed by atoms with Crippen molar-refractivity contribution in [2.45, 2.75) is 13.8 Å². The number of halogens is 2. The molecule has 0 fully saturated rings. The van der Waals surface area contributed by atoms with Crippen LogP contribution in [0.1, 0.15) is 11.1 Å². The van der Waals surface area contributed by atoms with Crippen molar-refractivity contribution >= 4 is 53.7 Å². The lowest BCUT2D eigenvalue weighted by Crippen LogP contribution is -2.15. The number of aryl methyl sites for hydroxylation is 3. The van der Waals surface area contributed by atoms with Gasteiger partial charge in [-0.25, -0.2) is 0 Å². The molecule has 2 aromatic heterocycles. The summed E-state index contributed by atoms with van der Waals surface area (Å²) in [5.41, 5.74) is 4.12. The van der Waals surface area contributed by atoms with Gasteiger partial charge in [-0.2, -0.15) is 0 Å². The molecule has 138 valence electrons. The number of nitrogens with zero attached hydrogens (tertiary/aromatic N) is 1. The number of H-pyrrole nitrogens is 1. The smallest absolute Gasteiger partial charge is 0.250 e. The first-order valence-electron chi connectivity index (χ1n) is 8.32. The number of fused-ring (bicyclic) bond motifs is 2. The number of hydrogen-bond donors (Lipinski definition) is 1. The van der Waals surface area contributed by atoms with Crippen molar-refractivity contribution in [2.24, 2.45) is 7.05 Å². The van der Waals surface area contributed by atoms with Crippen molar-refractivity contribution in [3.63, 3.8) is 0 Å². The van der Waals surface area contributed by atoms with Gasteiger partial charge >= 0.3 is 0 Å². The molecule has 0 bridgehead atoms. The van der Waals surface area contributed by atoms with E-state index < -0.39 is 0 Å². The number of benzene rings is 2. The molecule has 0 atom stereocenters. The van der Waals surface area contributed by atoms with Gasteiger partial charge in [0.25, 0.3) is 5.56 Å². The second-order valence-corrected chi connectivity index (χ2v) is 7.93. The van der Waals surface area contributed by atoms with Crippen LogP contribution in [0.3, 0.4) is 0 Å². The van der Waals surface area contributed by atoms with Gasteiger partial charge in [0, 0.05) is 44.4 Å². The lowest BCUT2D eigenvalue weighted by Gasteiger charge is -2.07. The minimum atomic E-state index is -0.0664. The molecule has 0 aliphatic carbocycles. The van der Waals surface area contributed by atoms with Crippen molar-refractivity contribution in [3.8, 4) is 0 Å². The molecule has 0 spiro atoms. The van der Waals surface area contributed by atoms with E-state index in [-0.39, 0.29) is 11.1 Å². The summed E-state index contributed by atoms with van der Waals surface area (Å²) in [5.74, 6) is 0. The Morgan fingerprint density at radius 3 is 2.07 bits per heavy atom. The van der Waals surface area contributed by atoms with Crippen LogP contribution in [0.2, 0.25) is 0 Å². The van der Waals surface area contributed by atoms with Crippen LogP contribution in [0.25, 0.3) is 21.8 Å². The van der Waals surface area contributed by atoms with Crippen molar-refractivity contribution in [2.75, 3.05) is 0 Å². The molecular weight excluding hydrogens is 472 g/mol. The predicted molar refractivity (Wildman–Crippen MR) is 119 cm³/mol. The maximum absolute atomic E-state index is 11.4. The first kappa shape index (κ1) is 19.6. The minimum Gasteiger partial charge on any atom is -0.322 e. The fourth-order valence-corrected chi connectivity index (χ4v) is 3.78. The third kappa shape index (κ3) is 3.92. The van der Waals surface area contributed by atoms with Gasteiger partial charge in [-0.1, -0.05) is 12.1 Å². The van der Waals surface area contributed by atoms with E-state index in [0.717, 1.165) is 30.8 Å². The van der Waals surface area contributed by atoms with Crippen LogP contribution in [0, 0.1) is 13.8 Å². The van der Waals surface area contributed by atoms with E-state index in [4.69, 9.17) is 0 Å². The van der Waals surface area contributed by atoms with E-state index in [1.165, 1.54) is 17.2 Å². The number of hydrogen-bond acceptors (Lipinski definition) is 2. The van der Waals surface area contributed by atoms with Crippen LogP contribution in [0.15, 0.2) is 67.1 Å². The van der Waals surface area contributed by atoms with Crippen LogP contribution in [0.5, 0.6) is 0 Å². The Morgan fingerprint density at radius 1 is 0.778 bits per heavy atom. The van der Waals surface area contributed by atoms with Crippen LogP contribution < -0.4 is 11.1 Å². The first-order valence-corrected chi connectivity index (χ1v) is 9.91. The predicted octanol–water partition coefficient (Wildman–Crippen LogP) is 5.21. The van der Waals surface area contributed by atoms with E-state index in [1.54, 1.807) is 17.7 Å². The topological polar surface area (TPSA) is 54.9 Å². The summed E-state index contributed by atoms with van der Waals surface area (Å²) in [7, 11) is 1.78. The van der Waals surface area contributed by atoms with E-state index in [0.29, 0.717) is 0 Å². The highest BCUT2D eigenvalue weighted by molar-refractivity contribution is 9.11. The van der Waals surface area contributed by atoms with Crippen LogP contribution in [0.4, 0.5) is 0 Å². The molecule has 4 aromatic rings. The molecule has 2 aromatic carbocycles. The zero-order valence-corrected chi connectivity index (χ0v) is 18.3. The van der Waals surface area contributed by atoms with E-state index in [2.05, 4.69) is 36.8 Å². The maximum atomic E-state index is 11.4. The summed E-state index contributed by atoms with van der Waals surface area (Å²) in [6, 6.07) is 14.7. The summed E-state index contributed by atoms with van der Waals surface area (Å²) in [5, 5.41) is 2.12. The third-order valence-corrected chi connectivity index (χ3v) is 6.57. The Morgan fingerprint density at radius 2 is 1.37 bits per heavy atom. The zero-order chi connectivity index (χ0) is 19.7. The number of rotatable bonds is 0. The lowest BCUT2D eigenvalue weighted by molar-refractivity contribution is 0.905. The average molecular weight is 490 g/mol. The average Bonchev–Trinajstić information content (AvgIpc) is 2.65. The SMILES string of the molecule is Cc1ccc2[nH]c(=O)ccc2c1Br.Cc1ccc2c(ccc(=O)n2C)c1Br. The van der Waals surface area contributed by atoms with Crippen molar-refractivity contribution in [1.29, 1.82) is 0 Å². The quantitative estimate of drug-likeness (QED) is 0.368. The van der Waals surface area contributed by atoms with E-state index >= 15 is 0 Å². The molecule has 1 N–H and O–H groups in total. The number of pyridine rings is 2. The Kier molecular flexibility index (Phi) is 5.67. The molecule has 4 rings (SSSR count). The maximum Gasteiger partial charge on any atom is 0.250 e. The zero-order valence-electron chi connectivity index (χ0n) is 15.1. The highest BCUT2D eigenvalue weighted by Crippen LogP contribution is 2.26. The Bertz CT molecular complexity index is 1270. The van der Waals surface area contributed by atoms with Gasteiger partial charge in [0.1, 0.15) is 0 Å². The molecular formula is C21H18Br2N2O2. The van der Waals surface area contributed by atoms with Crippen molar-refractivity contribution < 1.29 is 0 Å². The van der Waals surface area contributed by atoms with Gasteiger partial charge in [-0.15, -0.1) is 0 Å². The number of aromatic nitrogens is 2. The van der Waals surface area contributed by atoms with Crippen molar-refractivity contribution in [1.82, 2.24) is 9.55 Å².